The van der Waals surface area contributed by atoms with E-state index in [2.05, 4.69) is 6.58 Å². The molecule has 1 atom stereocenters. The molecule has 1 amide bonds. The first-order valence-corrected chi connectivity index (χ1v) is 9.47. The van der Waals surface area contributed by atoms with Gasteiger partial charge in [0.15, 0.2) is 0 Å². The number of halogens is 1. The van der Waals surface area contributed by atoms with Crippen LogP contribution in [0.3, 0.4) is 0 Å². The highest BCUT2D eigenvalue weighted by atomic mass is 35.5. The van der Waals surface area contributed by atoms with Crippen molar-refractivity contribution >= 4 is 23.5 Å². The van der Waals surface area contributed by atoms with Gasteiger partial charge < -0.3 is 9.64 Å². The van der Waals surface area contributed by atoms with E-state index in [1.165, 1.54) is 6.08 Å². The number of benzene rings is 2. The van der Waals surface area contributed by atoms with E-state index >= 15 is 0 Å². The molecule has 5 heteroatoms. The standard InChI is InChI=1S/C23H22ClNO3/c1-3-13-28-23(27)22-16(2)25(15-17-7-5-4-6-8-17)21(26)14-20(22)18-9-11-19(24)12-10-18/h3-12,20H,1,13-15H2,2H3. The molecule has 0 N–H and O–H groups in total. The molecule has 4 nitrogen and oxygen atoms in total. The largest absolute Gasteiger partial charge is 0.458 e. The highest BCUT2D eigenvalue weighted by molar-refractivity contribution is 6.30. The fourth-order valence-corrected chi connectivity index (χ4v) is 3.55. The Bertz CT molecular complexity index is 903. The minimum atomic E-state index is -0.428. The van der Waals surface area contributed by atoms with Crippen LogP contribution in [0.15, 0.2) is 78.5 Å². The van der Waals surface area contributed by atoms with Crippen LogP contribution >= 0.6 is 11.6 Å². The van der Waals surface area contributed by atoms with Gasteiger partial charge in [-0.1, -0.05) is 66.7 Å². The average Bonchev–Trinajstić information content (AvgIpc) is 2.70. The maximum Gasteiger partial charge on any atom is 0.336 e. The molecule has 0 fully saturated rings. The number of rotatable bonds is 6. The van der Waals surface area contributed by atoms with E-state index in [4.69, 9.17) is 16.3 Å². The molecule has 0 saturated carbocycles. The third kappa shape index (κ3) is 4.34. The highest BCUT2D eigenvalue weighted by Gasteiger charge is 2.36. The van der Waals surface area contributed by atoms with Crippen molar-refractivity contribution in [2.75, 3.05) is 6.61 Å². The van der Waals surface area contributed by atoms with Gasteiger partial charge in [-0.15, -0.1) is 0 Å². The van der Waals surface area contributed by atoms with Gasteiger partial charge in [0.1, 0.15) is 6.61 Å². The Labute approximate surface area is 170 Å². The van der Waals surface area contributed by atoms with Crippen molar-refractivity contribution in [1.82, 2.24) is 4.90 Å². The molecule has 0 spiro atoms. The molecular weight excluding hydrogens is 374 g/mol. The number of amides is 1. The molecule has 3 rings (SSSR count). The van der Waals surface area contributed by atoms with Crippen LogP contribution in [0.5, 0.6) is 0 Å². The van der Waals surface area contributed by atoms with Gasteiger partial charge in [-0.3, -0.25) is 4.79 Å². The summed E-state index contributed by atoms with van der Waals surface area (Å²) < 4.78 is 5.33. The fourth-order valence-electron chi connectivity index (χ4n) is 3.43. The average molecular weight is 396 g/mol. The van der Waals surface area contributed by atoms with Crippen molar-refractivity contribution in [2.45, 2.75) is 25.8 Å². The van der Waals surface area contributed by atoms with Gasteiger partial charge in [-0.2, -0.15) is 0 Å². The summed E-state index contributed by atoms with van der Waals surface area (Å²) in [6, 6.07) is 16.9. The summed E-state index contributed by atoms with van der Waals surface area (Å²) in [6.45, 7) is 5.93. The number of nitrogens with zero attached hydrogens (tertiary/aromatic N) is 1. The molecule has 2 aromatic carbocycles. The van der Waals surface area contributed by atoms with Crippen LogP contribution in [-0.4, -0.2) is 23.4 Å². The quantitative estimate of drug-likeness (QED) is 0.518. The summed E-state index contributed by atoms with van der Waals surface area (Å²) in [6.07, 6.45) is 1.73. The lowest BCUT2D eigenvalue weighted by Crippen LogP contribution is -2.38. The number of hydrogen-bond donors (Lipinski definition) is 0. The van der Waals surface area contributed by atoms with Gasteiger partial charge in [0.05, 0.1) is 12.1 Å². The van der Waals surface area contributed by atoms with Crippen molar-refractivity contribution < 1.29 is 14.3 Å². The molecule has 1 aliphatic heterocycles. The topological polar surface area (TPSA) is 46.6 Å². The molecule has 144 valence electrons. The van der Waals surface area contributed by atoms with Gasteiger partial charge in [-0.05, 0) is 30.2 Å². The Morgan fingerprint density at radius 2 is 1.89 bits per heavy atom. The number of ether oxygens (including phenoxy) is 1. The second-order valence-corrected chi connectivity index (χ2v) is 7.10. The Morgan fingerprint density at radius 3 is 2.54 bits per heavy atom. The van der Waals surface area contributed by atoms with E-state index in [0.29, 0.717) is 22.8 Å². The second kappa shape index (κ2) is 8.89. The summed E-state index contributed by atoms with van der Waals surface area (Å²) >= 11 is 6.00. The summed E-state index contributed by atoms with van der Waals surface area (Å²) in [5, 5.41) is 0.605. The van der Waals surface area contributed by atoms with E-state index in [1.807, 2.05) is 42.5 Å². The molecule has 0 aromatic heterocycles. The van der Waals surface area contributed by atoms with Crippen LogP contribution < -0.4 is 0 Å². The minimum absolute atomic E-state index is 0.0263. The Kier molecular flexibility index (Phi) is 6.32. The number of carbonyl (C=O) groups excluding carboxylic acids is 2. The molecule has 1 heterocycles. The molecule has 1 unspecified atom stereocenters. The van der Waals surface area contributed by atoms with Crippen molar-refractivity contribution in [3.63, 3.8) is 0 Å². The van der Waals surface area contributed by atoms with E-state index in [9.17, 15) is 9.59 Å². The normalized spacial score (nSPS) is 16.9. The lowest BCUT2D eigenvalue weighted by Gasteiger charge is -2.34. The Morgan fingerprint density at radius 1 is 1.21 bits per heavy atom. The molecule has 28 heavy (non-hydrogen) atoms. The highest BCUT2D eigenvalue weighted by Crippen LogP contribution is 2.38. The molecule has 0 radical (unpaired) electrons. The first-order valence-electron chi connectivity index (χ1n) is 9.09. The van der Waals surface area contributed by atoms with Crippen LogP contribution in [0.25, 0.3) is 0 Å². The van der Waals surface area contributed by atoms with Crippen LogP contribution in [0, 0.1) is 0 Å². The minimum Gasteiger partial charge on any atom is -0.458 e. The zero-order valence-electron chi connectivity index (χ0n) is 15.7. The molecule has 1 aliphatic rings. The Balaban J connectivity index is 2.01. The molecule has 0 aliphatic carbocycles. The van der Waals surface area contributed by atoms with Gasteiger partial charge in [0.25, 0.3) is 0 Å². The zero-order valence-corrected chi connectivity index (χ0v) is 16.5. The monoisotopic (exact) mass is 395 g/mol. The lowest BCUT2D eigenvalue weighted by atomic mass is 9.83. The van der Waals surface area contributed by atoms with Crippen LogP contribution in [0.2, 0.25) is 5.02 Å². The van der Waals surface area contributed by atoms with Gasteiger partial charge in [0.2, 0.25) is 5.91 Å². The van der Waals surface area contributed by atoms with E-state index in [-0.39, 0.29) is 24.9 Å². The van der Waals surface area contributed by atoms with Crippen molar-refractivity contribution in [3.05, 3.63) is 94.7 Å². The predicted molar refractivity (Wildman–Crippen MR) is 110 cm³/mol. The van der Waals surface area contributed by atoms with Gasteiger partial charge >= 0.3 is 5.97 Å². The molecule has 0 bridgehead atoms. The van der Waals surface area contributed by atoms with E-state index in [1.54, 1.807) is 24.0 Å². The summed E-state index contributed by atoms with van der Waals surface area (Å²) in [7, 11) is 0. The first-order chi connectivity index (χ1) is 13.5. The van der Waals surface area contributed by atoms with Crippen molar-refractivity contribution in [3.8, 4) is 0 Å². The Hall–Kier alpha value is -2.85. The van der Waals surface area contributed by atoms with Crippen molar-refractivity contribution in [1.29, 1.82) is 0 Å². The molecule has 2 aromatic rings. The third-order valence-corrected chi connectivity index (χ3v) is 5.08. The van der Waals surface area contributed by atoms with Gasteiger partial charge in [0, 0.05) is 23.1 Å². The van der Waals surface area contributed by atoms with Crippen LogP contribution in [0.4, 0.5) is 0 Å². The number of carbonyl (C=O) groups is 2. The van der Waals surface area contributed by atoms with Gasteiger partial charge in [-0.25, -0.2) is 4.79 Å². The van der Waals surface area contributed by atoms with E-state index in [0.717, 1.165) is 11.1 Å². The second-order valence-electron chi connectivity index (χ2n) is 6.66. The maximum absolute atomic E-state index is 12.9. The molecule has 0 saturated heterocycles. The summed E-state index contributed by atoms with van der Waals surface area (Å²) in [5.41, 5.74) is 2.98. The first kappa shape index (κ1) is 19.9. The lowest BCUT2D eigenvalue weighted by molar-refractivity contribution is -0.139. The zero-order chi connectivity index (χ0) is 20.1. The number of allylic oxidation sites excluding steroid dienone is 1. The number of esters is 1. The van der Waals surface area contributed by atoms with Crippen LogP contribution in [0.1, 0.15) is 30.4 Å². The van der Waals surface area contributed by atoms with Crippen molar-refractivity contribution in [2.24, 2.45) is 0 Å². The third-order valence-electron chi connectivity index (χ3n) is 4.83. The molecular formula is C23H22ClNO3. The van der Waals surface area contributed by atoms with Crippen LogP contribution in [-0.2, 0) is 20.9 Å². The summed E-state index contributed by atoms with van der Waals surface area (Å²) in [5.74, 6) is -0.821. The fraction of sp³-hybridized carbons (Fsp3) is 0.217. The maximum atomic E-state index is 12.9. The smallest absolute Gasteiger partial charge is 0.336 e. The summed E-state index contributed by atoms with van der Waals surface area (Å²) in [4.78, 5) is 27.4. The SMILES string of the molecule is C=CCOC(=O)C1=C(C)N(Cc2ccccc2)C(=O)CC1c1ccc(Cl)cc1. The van der Waals surface area contributed by atoms with E-state index < -0.39 is 5.97 Å². The predicted octanol–water partition coefficient (Wildman–Crippen LogP) is 4.86. The number of hydrogen-bond acceptors (Lipinski definition) is 3.